The monoisotopic (exact) mass is 352 g/mol. The van der Waals surface area contributed by atoms with Crippen LogP contribution >= 0.6 is 11.6 Å². The van der Waals surface area contributed by atoms with E-state index >= 15 is 0 Å². The summed E-state index contributed by atoms with van der Waals surface area (Å²) in [5, 5.41) is 8.52. The summed E-state index contributed by atoms with van der Waals surface area (Å²) in [6.07, 6.45) is 6.16. The van der Waals surface area contributed by atoms with E-state index in [1.165, 1.54) is 0 Å². The number of nitrogens with zero attached hydrogens (tertiary/aromatic N) is 2. The summed E-state index contributed by atoms with van der Waals surface area (Å²) in [5.74, 6) is 0.0852. The van der Waals surface area contributed by atoms with Crippen LogP contribution in [0.1, 0.15) is 0 Å². The molecule has 2 rings (SSSR count). The molecule has 0 bridgehead atoms. The molecule has 6 nitrogen and oxygen atoms in total. The standard InChI is InChI=1S/C15H11ClF2N4O2/c1-2-5-19-13(23)8-20-11-7-21-22(15(24)14(11)16)12-4-3-9(17)6-10(12)18/h1,3-4,6-7,20H,5,8H2,(H,19,23). The van der Waals surface area contributed by atoms with Crippen LogP contribution in [0.2, 0.25) is 5.02 Å². The minimum Gasteiger partial charge on any atom is -0.373 e. The van der Waals surface area contributed by atoms with Gasteiger partial charge in [0.15, 0.2) is 5.82 Å². The molecule has 0 saturated heterocycles. The smallest absolute Gasteiger partial charge is 0.292 e. The highest BCUT2D eigenvalue weighted by Crippen LogP contribution is 2.18. The number of halogens is 3. The van der Waals surface area contributed by atoms with Crippen molar-refractivity contribution in [3.63, 3.8) is 0 Å². The molecule has 0 atom stereocenters. The second-order valence-electron chi connectivity index (χ2n) is 4.52. The van der Waals surface area contributed by atoms with E-state index in [2.05, 4.69) is 21.7 Å². The largest absolute Gasteiger partial charge is 0.373 e. The third kappa shape index (κ3) is 3.88. The highest BCUT2D eigenvalue weighted by Gasteiger charge is 2.14. The Morgan fingerprint density at radius 1 is 1.42 bits per heavy atom. The van der Waals surface area contributed by atoms with Crippen molar-refractivity contribution >= 4 is 23.2 Å². The Kier molecular flexibility index (Phi) is 5.50. The Balaban J connectivity index is 2.24. The van der Waals surface area contributed by atoms with Crippen molar-refractivity contribution in [2.45, 2.75) is 0 Å². The molecule has 2 N–H and O–H groups in total. The summed E-state index contributed by atoms with van der Waals surface area (Å²) in [6.45, 7) is -0.116. The fraction of sp³-hybridized carbons (Fsp3) is 0.133. The van der Waals surface area contributed by atoms with Gasteiger partial charge >= 0.3 is 0 Å². The first-order valence-electron chi connectivity index (χ1n) is 6.61. The molecular weight excluding hydrogens is 342 g/mol. The predicted molar refractivity (Wildman–Crippen MR) is 85.1 cm³/mol. The summed E-state index contributed by atoms with van der Waals surface area (Å²) in [6, 6.07) is 2.68. The summed E-state index contributed by atoms with van der Waals surface area (Å²) < 4.78 is 27.4. The van der Waals surface area contributed by atoms with E-state index in [1.807, 2.05) is 0 Å². The van der Waals surface area contributed by atoms with Gasteiger partial charge < -0.3 is 10.6 Å². The van der Waals surface area contributed by atoms with Gasteiger partial charge in [-0.3, -0.25) is 9.59 Å². The number of rotatable bonds is 5. The molecule has 0 fully saturated rings. The molecule has 0 aliphatic heterocycles. The van der Waals surface area contributed by atoms with Gasteiger partial charge in [0.1, 0.15) is 16.5 Å². The Bertz CT molecular complexity index is 877. The van der Waals surface area contributed by atoms with Gasteiger partial charge in [0, 0.05) is 6.07 Å². The molecule has 0 aliphatic rings. The summed E-state index contributed by atoms with van der Waals surface area (Å²) in [5.41, 5.74) is -0.978. The van der Waals surface area contributed by atoms with Crippen LogP contribution in [0.3, 0.4) is 0 Å². The molecule has 0 radical (unpaired) electrons. The molecule has 0 unspecified atom stereocenters. The van der Waals surface area contributed by atoms with Crippen LogP contribution in [-0.2, 0) is 4.79 Å². The first-order chi connectivity index (χ1) is 11.4. The molecule has 1 aromatic carbocycles. The topological polar surface area (TPSA) is 76.0 Å². The SMILES string of the molecule is C#CCNC(=O)CNc1cnn(-c2ccc(F)cc2F)c(=O)c1Cl. The minimum absolute atomic E-state index is 0.0674. The van der Waals surface area contributed by atoms with Crippen LogP contribution in [0.4, 0.5) is 14.5 Å². The number of anilines is 1. The lowest BCUT2D eigenvalue weighted by Gasteiger charge is -2.10. The van der Waals surface area contributed by atoms with Gasteiger partial charge in [-0.05, 0) is 12.1 Å². The van der Waals surface area contributed by atoms with Gasteiger partial charge in [0.2, 0.25) is 5.91 Å². The zero-order chi connectivity index (χ0) is 17.7. The van der Waals surface area contributed by atoms with E-state index in [1.54, 1.807) is 0 Å². The lowest BCUT2D eigenvalue weighted by molar-refractivity contribution is -0.119. The van der Waals surface area contributed by atoms with Crippen LogP contribution in [0.25, 0.3) is 5.69 Å². The van der Waals surface area contributed by atoms with Gasteiger partial charge in [0.25, 0.3) is 5.56 Å². The van der Waals surface area contributed by atoms with Crippen molar-refractivity contribution in [1.29, 1.82) is 0 Å². The van der Waals surface area contributed by atoms with Crippen molar-refractivity contribution < 1.29 is 13.6 Å². The number of carbonyl (C=O) groups excluding carboxylic acids is 1. The van der Waals surface area contributed by atoms with Crippen molar-refractivity contribution in [2.75, 3.05) is 18.4 Å². The Labute approximate surface area is 140 Å². The van der Waals surface area contributed by atoms with Gasteiger partial charge in [-0.25, -0.2) is 8.78 Å². The second-order valence-corrected chi connectivity index (χ2v) is 4.90. The maximum Gasteiger partial charge on any atom is 0.292 e. The van der Waals surface area contributed by atoms with E-state index in [0.717, 1.165) is 18.3 Å². The van der Waals surface area contributed by atoms with Crippen molar-refractivity contribution in [2.24, 2.45) is 0 Å². The lowest BCUT2D eigenvalue weighted by atomic mass is 10.3. The molecule has 0 saturated carbocycles. The predicted octanol–water partition coefficient (Wildman–Crippen LogP) is 1.33. The molecule has 124 valence electrons. The molecule has 0 aliphatic carbocycles. The van der Waals surface area contributed by atoms with Gasteiger partial charge in [0.05, 0.1) is 25.0 Å². The van der Waals surface area contributed by atoms with Crippen LogP contribution < -0.4 is 16.2 Å². The maximum absolute atomic E-state index is 13.8. The molecule has 1 heterocycles. The quantitative estimate of drug-likeness (QED) is 0.796. The zero-order valence-electron chi connectivity index (χ0n) is 12.1. The van der Waals surface area contributed by atoms with Crippen molar-refractivity contribution in [1.82, 2.24) is 15.1 Å². The number of carbonyl (C=O) groups is 1. The Hall–Kier alpha value is -2.92. The molecular formula is C15H11ClF2N4O2. The normalized spacial score (nSPS) is 10.1. The number of benzene rings is 1. The molecule has 1 amide bonds. The van der Waals surface area contributed by atoms with Crippen molar-refractivity contribution in [3.05, 3.63) is 51.4 Å². The van der Waals surface area contributed by atoms with Crippen LogP contribution in [0, 0.1) is 24.0 Å². The second kappa shape index (κ2) is 7.57. The number of nitrogens with one attached hydrogen (secondary N) is 2. The maximum atomic E-state index is 13.8. The van der Waals surface area contributed by atoms with Crippen LogP contribution in [-0.4, -0.2) is 28.8 Å². The highest BCUT2D eigenvalue weighted by molar-refractivity contribution is 6.33. The highest BCUT2D eigenvalue weighted by atomic mass is 35.5. The number of terminal acetylenes is 1. The van der Waals surface area contributed by atoms with Crippen LogP contribution in [0.15, 0.2) is 29.2 Å². The average Bonchev–Trinajstić information content (AvgIpc) is 2.55. The number of hydrogen-bond donors (Lipinski definition) is 2. The zero-order valence-corrected chi connectivity index (χ0v) is 12.9. The first-order valence-corrected chi connectivity index (χ1v) is 6.99. The summed E-state index contributed by atoms with van der Waals surface area (Å²) in [7, 11) is 0. The van der Waals surface area contributed by atoms with E-state index in [9.17, 15) is 18.4 Å². The average molecular weight is 353 g/mol. The number of hydrogen-bond acceptors (Lipinski definition) is 4. The summed E-state index contributed by atoms with van der Waals surface area (Å²) in [4.78, 5) is 23.6. The van der Waals surface area contributed by atoms with Gasteiger partial charge in [-0.15, -0.1) is 6.42 Å². The fourth-order valence-electron chi connectivity index (χ4n) is 1.77. The third-order valence-electron chi connectivity index (χ3n) is 2.88. The molecule has 2 aromatic rings. The lowest BCUT2D eigenvalue weighted by Crippen LogP contribution is -2.31. The first kappa shape index (κ1) is 17.4. The van der Waals surface area contributed by atoms with E-state index in [4.69, 9.17) is 18.0 Å². The van der Waals surface area contributed by atoms with E-state index in [-0.39, 0.29) is 29.5 Å². The minimum atomic E-state index is -0.963. The van der Waals surface area contributed by atoms with Crippen molar-refractivity contribution in [3.8, 4) is 18.0 Å². The molecule has 24 heavy (non-hydrogen) atoms. The third-order valence-corrected chi connectivity index (χ3v) is 3.25. The number of amides is 1. The molecule has 0 spiro atoms. The number of aromatic nitrogens is 2. The summed E-state index contributed by atoms with van der Waals surface area (Å²) >= 11 is 5.92. The molecule has 1 aromatic heterocycles. The Morgan fingerprint density at radius 3 is 2.83 bits per heavy atom. The van der Waals surface area contributed by atoms with Gasteiger partial charge in [-0.1, -0.05) is 17.5 Å². The van der Waals surface area contributed by atoms with E-state index < -0.39 is 23.1 Å². The van der Waals surface area contributed by atoms with Crippen LogP contribution in [0.5, 0.6) is 0 Å². The Morgan fingerprint density at radius 2 is 2.17 bits per heavy atom. The fourth-order valence-corrected chi connectivity index (χ4v) is 1.96. The molecule has 9 heteroatoms. The van der Waals surface area contributed by atoms with Gasteiger partial charge in [-0.2, -0.15) is 9.78 Å². The van der Waals surface area contributed by atoms with E-state index in [0.29, 0.717) is 10.7 Å².